The van der Waals surface area contributed by atoms with E-state index in [-0.39, 0.29) is 22.4 Å². The monoisotopic (exact) mass is 521 g/mol. The summed E-state index contributed by atoms with van der Waals surface area (Å²) in [6.45, 7) is 5.47. The number of halogens is 3. The van der Waals surface area contributed by atoms with E-state index in [1.165, 1.54) is 0 Å². The van der Waals surface area contributed by atoms with Gasteiger partial charge >= 0.3 is 0 Å². The first-order chi connectivity index (χ1) is 14.3. The summed E-state index contributed by atoms with van der Waals surface area (Å²) < 4.78 is 2.69. The molecule has 2 aromatic carbocycles. The first-order valence-corrected chi connectivity index (χ1v) is 11.9. The number of nitroso groups, excluding NO2 is 1. The second-order valence-electron chi connectivity index (χ2n) is 7.40. The molecule has 1 unspecified atom stereocenters. The number of hydrogen-bond acceptors (Lipinski definition) is 7. The molecule has 1 N–H and O–H groups in total. The van der Waals surface area contributed by atoms with Crippen LogP contribution in [0.4, 0.5) is 11.4 Å². The summed E-state index contributed by atoms with van der Waals surface area (Å²) >= 11 is 15.2. The topological polar surface area (TPSA) is 61.8 Å². The number of rotatable bonds is 12. The molecule has 0 spiro atoms. The highest BCUT2D eigenvalue weighted by atomic mass is 35.5. The first-order valence-electron chi connectivity index (χ1n) is 9.33. The van der Waals surface area contributed by atoms with Crippen molar-refractivity contribution >= 4 is 77.0 Å². The van der Waals surface area contributed by atoms with Crippen LogP contribution in [-0.2, 0) is 4.79 Å². The number of hydrogen-bond donors (Lipinski definition) is 1. The summed E-state index contributed by atoms with van der Waals surface area (Å²) in [6, 6.07) is 13.0. The zero-order chi connectivity index (χ0) is 22.1. The molecule has 10 heteroatoms. The molecule has 2 rings (SSSR count). The molecule has 0 bridgehead atoms. The minimum atomic E-state index is -0.331. The van der Waals surface area contributed by atoms with Crippen LogP contribution in [0.5, 0.6) is 0 Å². The van der Waals surface area contributed by atoms with Gasteiger partial charge in [-0.25, -0.2) is 0 Å². The van der Waals surface area contributed by atoms with Crippen LogP contribution in [0.15, 0.2) is 47.0 Å². The normalized spacial score (nSPS) is 12.2. The summed E-state index contributed by atoms with van der Waals surface area (Å²) in [6.07, 6.45) is 0.954. The molecule has 5 nitrogen and oxygen atoms in total. The molecule has 0 aliphatic heterocycles. The van der Waals surface area contributed by atoms with Crippen molar-refractivity contribution in [3.63, 3.8) is 0 Å². The molecular weight excluding hydrogens is 497 g/mol. The third-order valence-electron chi connectivity index (χ3n) is 4.32. The van der Waals surface area contributed by atoms with Crippen molar-refractivity contribution in [2.45, 2.75) is 23.8 Å². The molecule has 0 saturated carbocycles. The number of carbonyl (C=O) groups is 1. The van der Waals surface area contributed by atoms with Gasteiger partial charge in [-0.3, -0.25) is 0 Å². The van der Waals surface area contributed by atoms with Gasteiger partial charge in [0.1, 0.15) is 6.29 Å². The molecule has 0 radical (unpaired) electrons. The summed E-state index contributed by atoms with van der Waals surface area (Å²) in [5.41, 5.74) is 2.28. The van der Waals surface area contributed by atoms with E-state index in [4.69, 9.17) is 23.2 Å². The van der Waals surface area contributed by atoms with E-state index in [0.29, 0.717) is 15.7 Å². The summed E-state index contributed by atoms with van der Waals surface area (Å²) in [5.74, 6) is 0.760. The molecule has 31 heavy (non-hydrogen) atoms. The second-order valence-corrected chi connectivity index (χ2v) is 10.9. The average molecular weight is 523 g/mol. The molecule has 1 atom stereocenters. The highest BCUT2D eigenvalue weighted by Gasteiger charge is 2.22. The predicted octanol–water partition coefficient (Wildman–Crippen LogP) is 7.26. The zero-order valence-corrected chi connectivity index (χ0v) is 21.5. The van der Waals surface area contributed by atoms with Crippen molar-refractivity contribution in [1.29, 1.82) is 0 Å². The lowest BCUT2D eigenvalue weighted by molar-refractivity contribution is -0.107. The lowest BCUT2D eigenvalue weighted by Crippen LogP contribution is -2.35. The number of para-hydroxylation sites is 2. The van der Waals surface area contributed by atoms with Crippen molar-refractivity contribution in [2.75, 3.05) is 31.2 Å². The van der Waals surface area contributed by atoms with Gasteiger partial charge in [-0.2, -0.15) is 0 Å². The van der Waals surface area contributed by atoms with Crippen molar-refractivity contribution in [3.8, 4) is 0 Å². The van der Waals surface area contributed by atoms with Crippen LogP contribution < -0.4 is 5.32 Å². The van der Waals surface area contributed by atoms with Gasteiger partial charge in [0, 0.05) is 45.8 Å². The smallest absolute Gasteiger partial charge is 0.137 e. The summed E-state index contributed by atoms with van der Waals surface area (Å²) in [7, 11) is 2.00. The van der Waals surface area contributed by atoms with Gasteiger partial charge in [0.05, 0.1) is 21.0 Å². The lowest BCUT2D eigenvalue weighted by Gasteiger charge is -2.27. The van der Waals surface area contributed by atoms with E-state index in [2.05, 4.69) is 14.8 Å². The van der Waals surface area contributed by atoms with E-state index in [9.17, 15) is 9.70 Å². The Morgan fingerprint density at radius 2 is 1.81 bits per heavy atom. The molecule has 0 aliphatic rings. The minimum Gasteiger partial charge on any atom is -0.353 e. The maximum Gasteiger partial charge on any atom is 0.137 e. The zero-order valence-electron chi connectivity index (χ0n) is 17.5. The van der Waals surface area contributed by atoms with E-state index in [0.717, 1.165) is 48.3 Å². The maximum atomic E-state index is 11.9. The lowest BCUT2D eigenvalue weighted by atomic mass is 10.1. The van der Waals surface area contributed by atoms with Crippen LogP contribution >= 0.6 is 59.3 Å². The third kappa shape index (κ3) is 8.83. The molecule has 0 aromatic heterocycles. The Bertz CT molecular complexity index is 851. The van der Waals surface area contributed by atoms with Crippen LogP contribution in [0.1, 0.15) is 24.7 Å². The highest BCUT2D eigenvalue weighted by Crippen LogP contribution is 2.37. The van der Waals surface area contributed by atoms with Crippen molar-refractivity contribution in [2.24, 2.45) is 4.58 Å². The Morgan fingerprint density at radius 1 is 1.16 bits per heavy atom. The highest BCUT2D eigenvalue weighted by molar-refractivity contribution is 8.00. The fourth-order valence-electron chi connectivity index (χ4n) is 3.01. The Labute approximate surface area is 208 Å². The average Bonchev–Trinajstić information content (AvgIpc) is 2.68. The van der Waals surface area contributed by atoms with Crippen LogP contribution in [-0.4, -0.2) is 41.8 Å². The second kappa shape index (κ2) is 13.6. The third-order valence-corrected chi connectivity index (χ3v) is 6.79. The number of aldehydes is 1. The molecule has 0 saturated heterocycles. The standard InChI is InChI=1S/C21H25Cl2N3O2S2.ClH/c1-21(2,30-25-28)14-26(3)11-12-29-19(13-27)15-7-4-5-10-18(15)24-20-16(22)8-6-9-17(20)23;/h4-10,13,19,24H,11-12,14H2,1-3H3;1H. The quantitative estimate of drug-likeness (QED) is 0.180. The summed E-state index contributed by atoms with van der Waals surface area (Å²) in [5, 5.41) is 3.97. The van der Waals surface area contributed by atoms with E-state index in [1.54, 1.807) is 30.0 Å². The van der Waals surface area contributed by atoms with E-state index >= 15 is 0 Å². The number of nitrogens with zero attached hydrogens (tertiary/aromatic N) is 2. The van der Waals surface area contributed by atoms with E-state index in [1.807, 2.05) is 45.2 Å². The Hall–Kier alpha value is -0.960. The molecule has 0 aliphatic carbocycles. The van der Waals surface area contributed by atoms with Gasteiger partial charge in [0.2, 0.25) is 0 Å². The van der Waals surface area contributed by atoms with Gasteiger partial charge in [-0.05, 0) is 44.7 Å². The molecule has 0 amide bonds. The van der Waals surface area contributed by atoms with Crippen molar-refractivity contribution in [1.82, 2.24) is 4.90 Å². The van der Waals surface area contributed by atoms with Crippen LogP contribution in [0.25, 0.3) is 0 Å². The number of carbonyl (C=O) groups excluding carboxylic acids is 1. The van der Waals surface area contributed by atoms with Gasteiger partial charge in [-0.15, -0.1) is 29.1 Å². The van der Waals surface area contributed by atoms with Crippen molar-refractivity contribution < 1.29 is 4.79 Å². The predicted molar refractivity (Wildman–Crippen MR) is 140 cm³/mol. The van der Waals surface area contributed by atoms with Crippen LogP contribution in [0.2, 0.25) is 10.0 Å². The number of anilines is 2. The minimum absolute atomic E-state index is 0. The van der Waals surface area contributed by atoms with Crippen LogP contribution in [0, 0.1) is 4.91 Å². The SMILES string of the molecule is CN(CCSC(C=O)c1ccccc1Nc1c(Cl)cccc1Cl)CC(C)(C)SN=O.Cl. The van der Waals surface area contributed by atoms with Gasteiger partial charge in [0.15, 0.2) is 0 Å². The Morgan fingerprint density at radius 3 is 2.42 bits per heavy atom. The van der Waals surface area contributed by atoms with Gasteiger partial charge < -0.3 is 15.0 Å². The van der Waals surface area contributed by atoms with E-state index < -0.39 is 0 Å². The van der Waals surface area contributed by atoms with Gasteiger partial charge in [-0.1, -0.05) is 47.5 Å². The number of nitrogens with one attached hydrogen (secondary N) is 1. The Balaban J connectivity index is 0.00000480. The molecule has 2 aromatic rings. The summed E-state index contributed by atoms with van der Waals surface area (Å²) in [4.78, 5) is 24.5. The fraction of sp³-hybridized carbons (Fsp3) is 0.381. The largest absolute Gasteiger partial charge is 0.353 e. The maximum absolute atomic E-state index is 11.9. The Kier molecular flexibility index (Phi) is 12.3. The molecule has 170 valence electrons. The molecule has 0 fully saturated rings. The van der Waals surface area contributed by atoms with Crippen LogP contribution in [0.3, 0.4) is 0 Å². The van der Waals surface area contributed by atoms with Gasteiger partial charge in [0.25, 0.3) is 0 Å². The molecule has 0 heterocycles. The number of benzene rings is 2. The molecular formula is C21H26Cl3N3O2S2. The first kappa shape index (κ1) is 28.1. The number of thioether (sulfide) groups is 1. The van der Waals surface area contributed by atoms with Crippen molar-refractivity contribution in [3.05, 3.63) is 63.0 Å². The fourth-order valence-corrected chi connectivity index (χ4v) is 5.11.